The highest BCUT2D eigenvalue weighted by Gasteiger charge is 2.32. The molecule has 0 spiro atoms. The maximum atomic E-state index is 12.2. The number of nitrogens with zero attached hydrogens (tertiary/aromatic N) is 1. The summed E-state index contributed by atoms with van der Waals surface area (Å²) in [6, 6.07) is 7.61. The van der Waals surface area contributed by atoms with E-state index in [1.165, 1.54) is 0 Å². The van der Waals surface area contributed by atoms with Crippen LogP contribution in [0.3, 0.4) is 0 Å². The first kappa shape index (κ1) is 12.9. The lowest BCUT2D eigenvalue weighted by atomic mass is 10.0. The van der Waals surface area contributed by atoms with Crippen LogP contribution in [-0.2, 0) is 16.1 Å². The van der Waals surface area contributed by atoms with Crippen LogP contribution in [0.15, 0.2) is 24.3 Å². The molecule has 1 aromatic rings. The molecule has 1 amide bonds. The average Bonchev–Trinajstić information content (AvgIpc) is 2.77. The van der Waals surface area contributed by atoms with Crippen molar-refractivity contribution in [1.29, 1.82) is 0 Å². The maximum absolute atomic E-state index is 12.2. The lowest BCUT2D eigenvalue weighted by molar-refractivity contribution is -0.141. The van der Waals surface area contributed by atoms with Gasteiger partial charge in [-0.15, -0.1) is 0 Å². The van der Waals surface area contributed by atoms with Gasteiger partial charge in [-0.3, -0.25) is 4.79 Å². The van der Waals surface area contributed by atoms with Crippen molar-refractivity contribution >= 4 is 11.6 Å². The molecule has 2 rings (SSSR count). The van der Waals surface area contributed by atoms with E-state index in [4.69, 9.17) is 10.5 Å². The van der Waals surface area contributed by atoms with Crippen molar-refractivity contribution in [2.75, 3.05) is 19.4 Å². The first-order chi connectivity index (χ1) is 8.59. The maximum Gasteiger partial charge on any atom is 0.252 e. The molecule has 98 valence electrons. The van der Waals surface area contributed by atoms with Crippen LogP contribution in [0.1, 0.15) is 18.9 Å². The van der Waals surface area contributed by atoms with E-state index < -0.39 is 0 Å². The van der Waals surface area contributed by atoms with E-state index in [1.54, 1.807) is 11.9 Å². The Morgan fingerprint density at radius 2 is 2.22 bits per heavy atom. The Hall–Kier alpha value is -1.55. The molecule has 1 aromatic carbocycles. The van der Waals surface area contributed by atoms with Crippen molar-refractivity contribution < 1.29 is 9.53 Å². The van der Waals surface area contributed by atoms with Crippen molar-refractivity contribution in [1.82, 2.24) is 4.90 Å². The highest BCUT2D eigenvalue weighted by Crippen LogP contribution is 2.22. The number of para-hydroxylation sites is 1. The average molecular weight is 248 g/mol. The number of hydrogen-bond acceptors (Lipinski definition) is 3. The summed E-state index contributed by atoms with van der Waals surface area (Å²) < 4.78 is 5.49. The molecule has 0 aliphatic carbocycles. The summed E-state index contributed by atoms with van der Waals surface area (Å²) in [4.78, 5) is 13.9. The number of nitrogens with two attached hydrogens (primary N) is 1. The van der Waals surface area contributed by atoms with Gasteiger partial charge in [-0.2, -0.15) is 0 Å². The van der Waals surface area contributed by atoms with E-state index in [0.717, 1.165) is 17.7 Å². The third-order valence-electron chi connectivity index (χ3n) is 3.47. The zero-order valence-corrected chi connectivity index (χ0v) is 10.9. The largest absolute Gasteiger partial charge is 0.398 e. The molecule has 1 saturated heterocycles. The molecule has 1 fully saturated rings. The van der Waals surface area contributed by atoms with Crippen molar-refractivity contribution in [2.24, 2.45) is 5.92 Å². The predicted octanol–water partition coefficient (Wildman–Crippen LogP) is 1.65. The quantitative estimate of drug-likeness (QED) is 0.828. The number of carbonyl (C=O) groups is 1. The third-order valence-corrected chi connectivity index (χ3v) is 3.47. The van der Waals surface area contributed by atoms with Gasteiger partial charge in [-0.1, -0.05) is 25.1 Å². The number of rotatable bonds is 3. The molecule has 1 heterocycles. The van der Waals surface area contributed by atoms with E-state index >= 15 is 0 Å². The van der Waals surface area contributed by atoms with Crippen LogP contribution in [0.4, 0.5) is 5.69 Å². The molecule has 0 bridgehead atoms. The summed E-state index contributed by atoms with van der Waals surface area (Å²) >= 11 is 0. The van der Waals surface area contributed by atoms with Gasteiger partial charge in [0, 0.05) is 25.9 Å². The molecule has 2 unspecified atom stereocenters. The van der Waals surface area contributed by atoms with Gasteiger partial charge in [-0.25, -0.2) is 0 Å². The Morgan fingerprint density at radius 1 is 1.50 bits per heavy atom. The van der Waals surface area contributed by atoms with Gasteiger partial charge in [0.2, 0.25) is 0 Å². The van der Waals surface area contributed by atoms with Crippen LogP contribution in [0.5, 0.6) is 0 Å². The summed E-state index contributed by atoms with van der Waals surface area (Å²) in [5.41, 5.74) is 7.57. The van der Waals surface area contributed by atoms with Gasteiger partial charge in [0.15, 0.2) is 0 Å². The Balaban J connectivity index is 2.01. The molecule has 0 aromatic heterocycles. The number of likely N-dealkylation sites (N-methyl/N-ethyl adjacent to an activating group) is 1. The number of nitrogen functional groups attached to an aromatic ring is 1. The molecule has 4 nitrogen and oxygen atoms in total. The minimum atomic E-state index is -0.292. The molecular formula is C14H20N2O2. The Labute approximate surface area is 108 Å². The lowest BCUT2D eigenvalue weighted by Crippen LogP contribution is -2.38. The number of hydrogen-bond donors (Lipinski definition) is 1. The molecule has 18 heavy (non-hydrogen) atoms. The molecule has 0 saturated carbocycles. The molecule has 1 aliphatic rings. The first-order valence-electron chi connectivity index (χ1n) is 6.29. The molecule has 4 heteroatoms. The number of benzene rings is 1. The predicted molar refractivity (Wildman–Crippen MR) is 70.8 cm³/mol. The Morgan fingerprint density at radius 3 is 2.83 bits per heavy atom. The van der Waals surface area contributed by atoms with Crippen molar-refractivity contribution in [3.63, 3.8) is 0 Å². The van der Waals surface area contributed by atoms with Crippen LogP contribution in [-0.4, -0.2) is 30.6 Å². The van der Waals surface area contributed by atoms with Gasteiger partial charge in [0.25, 0.3) is 5.91 Å². The normalized spacial score (nSPS) is 23.0. The number of anilines is 1. The molecule has 0 radical (unpaired) electrons. The zero-order valence-electron chi connectivity index (χ0n) is 10.9. The second-order valence-corrected chi connectivity index (χ2v) is 4.95. The fourth-order valence-electron chi connectivity index (χ4n) is 2.24. The van der Waals surface area contributed by atoms with Crippen molar-refractivity contribution in [3.05, 3.63) is 29.8 Å². The zero-order chi connectivity index (χ0) is 13.1. The second-order valence-electron chi connectivity index (χ2n) is 4.95. The summed E-state index contributed by atoms with van der Waals surface area (Å²) in [5.74, 6) is 0.344. The fraction of sp³-hybridized carbons (Fsp3) is 0.500. The molecular weight excluding hydrogens is 228 g/mol. The Kier molecular flexibility index (Phi) is 3.87. The standard InChI is InChI=1S/C14H20N2O2/c1-10-7-8-18-13(10)14(17)16(2)9-11-5-3-4-6-12(11)15/h3-6,10,13H,7-9,15H2,1-2H3. The summed E-state index contributed by atoms with van der Waals surface area (Å²) in [6.07, 6.45) is 0.664. The molecule has 2 N–H and O–H groups in total. The molecule has 2 atom stereocenters. The van der Waals surface area contributed by atoms with Gasteiger partial charge in [-0.05, 0) is 24.0 Å². The van der Waals surface area contributed by atoms with Crippen LogP contribution < -0.4 is 5.73 Å². The fourth-order valence-corrected chi connectivity index (χ4v) is 2.24. The van der Waals surface area contributed by atoms with Crippen molar-refractivity contribution in [3.8, 4) is 0 Å². The SMILES string of the molecule is CC1CCOC1C(=O)N(C)Cc1ccccc1N. The minimum Gasteiger partial charge on any atom is -0.398 e. The monoisotopic (exact) mass is 248 g/mol. The third kappa shape index (κ3) is 2.64. The summed E-state index contributed by atoms with van der Waals surface area (Å²) in [5, 5.41) is 0. The molecule has 1 aliphatic heterocycles. The van der Waals surface area contributed by atoms with Gasteiger partial charge < -0.3 is 15.4 Å². The van der Waals surface area contributed by atoms with Crippen LogP contribution >= 0.6 is 0 Å². The van der Waals surface area contributed by atoms with Crippen molar-refractivity contribution in [2.45, 2.75) is 26.0 Å². The van der Waals surface area contributed by atoms with E-state index in [-0.39, 0.29) is 12.0 Å². The summed E-state index contributed by atoms with van der Waals surface area (Å²) in [6.45, 7) is 3.26. The van der Waals surface area contributed by atoms with E-state index in [9.17, 15) is 4.79 Å². The first-order valence-corrected chi connectivity index (χ1v) is 6.29. The van der Waals surface area contributed by atoms with E-state index in [0.29, 0.717) is 19.1 Å². The highest BCUT2D eigenvalue weighted by molar-refractivity contribution is 5.81. The van der Waals surface area contributed by atoms with E-state index in [1.807, 2.05) is 24.3 Å². The van der Waals surface area contributed by atoms with Gasteiger partial charge in [0.05, 0.1) is 0 Å². The minimum absolute atomic E-state index is 0.0447. The lowest BCUT2D eigenvalue weighted by Gasteiger charge is -2.23. The topological polar surface area (TPSA) is 55.6 Å². The highest BCUT2D eigenvalue weighted by atomic mass is 16.5. The Bertz CT molecular complexity index is 434. The van der Waals surface area contributed by atoms with Crippen LogP contribution in [0, 0.1) is 5.92 Å². The van der Waals surface area contributed by atoms with Crippen LogP contribution in [0.2, 0.25) is 0 Å². The summed E-state index contributed by atoms with van der Waals surface area (Å²) in [7, 11) is 1.79. The second kappa shape index (κ2) is 5.40. The van der Waals surface area contributed by atoms with Gasteiger partial charge in [0.1, 0.15) is 6.10 Å². The number of amides is 1. The smallest absolute Gasteiger partial charge is 0.252 e. The van der Waals surface area contributed by atoms with Crippen LogP contribution in [0.25, 0.3) is 0 Å². The number of carbonyl (C=O) groups excluding carboxylic acids is 1. The van der Waals surface area contributed by atoms with Gasteiger partial charge >= 0.3 is 0 Å². The number of ether oxygens (including phenoxy) is 1. The van der Waals surface area contributed by atoms with E-state index in [2.05, 4.69) is 6.92 Å².